The van der Waals surface area contributed by atoms with Gasteiger partial charge in [-0.3, -0.25) is 4.79 Å². The Morgan fingerprint density at radius 2 is 2.33 bits per heavy atom. The highest BCUT2D eigenvalue weighted by Crippen LogP contribution is 2.31. The third kappa shape index (κ3) is 2.92. The van der Waals surface area contributed by atoms with Crippen LogP contribution >= 0.6 is 0 Å². The molecule has 1 aliphatic carbocycles. The number of carbonyl (C=O) groups is 1. The Hall–Kier alpha value is -2.28. The van der Waals surface area contributed by atoms with Gasteiger partial charge in [0.25, 0.3) is 0 Å². The van der Waals surface area contributed by atoms with Gasteiger partial charge in [-0.25, -0.2) is 4.68 Å². The van der Waals surface area contributed by atoms with Crippen molar-refractivity contribution >= 4 is 11.6 Å². The lowest BCUT2D eigenvalue weighted by Crippen LogP contribution is -2.29. The van der Waals surface area contributed by atoms with Gasteiger partial charge in [0.15, 0.2) is 0 Å². The molecule has 3 rings (SSSR count). The van der Waals surface area contributed by atoms with Gasteiger partial charge in [-0.15, -0.1) is 5.10 Å². The van der Waals surface area contributed by atoms with Crippen LogP contribution in [0.15, 0.2) is 30.6 Å². The van der Waals surface area contributed by atoms with E-state index >= 15 is 0 Å². The zero-order chi connectivity index (χ0) is 14.7. The lowest BCUT2D eigenvalue weighted by atomic mass is 9.95. The van der Waals surface area contributed by atoms with Gasteiger partial charge < -0.3 is 11.1 Å². The van der Waals surface area contributed by atoms with Crippen molar-refractivity contribution in [3.63, 3.8) is 0 Å². The smallest absolute Gasteiger partial charge is 0.227 e. The largest absolute Gasteiger partial charge is 0.330 e. The highest BCUT2D eigenvalue weighted by Gasteiger charge is 2.31. The van der Waals surface area contributed by atoms with Gasteiger partial charge in [-0.1, -0.05) is 12.5 Å². The first-order valence-electron chi connectivity index (χ1n) is 7.12. The van der Waals surface area contributed by atoms with Crippen molar-refractivity contribution in [2.75, 3.05) is 11.9 Å². The first kappa shape index (κ1) is 13.7. The number of anilines is 1. The van der Waals surface area contributed by atoms with E-state index in [4.69, 9.17) is 5.73 Å². The zero-order valence-corrected chi connectivity index (χ0v) is 11.6. The van der Waals surface area contributed by atoms with Gasteiger partial charge in [0, 0.05) is 11.6 Å². The van der Waals surface area contributed by atoms with Crippen LogP contribution in [-0.4, -0.2) is 32.7 Å². The maximum absolute atomic E-state index is 12.4. The average molecular weight is 286 g/mol. The molecule has 1 fully saturated rings. The second kappa shape index (κ2) is 6.01. The van der Waals surface area contributed by atoms with Crippen LogP contribution < -0.4 is 11.1 Å². The molecule has 1 aromatic heterocycles. The topological polar surface area (TPSA) is 98.7 Å². The average Bonchev–Trinajstić information content (AvgIpc) is 3.18. The van der Waals surface area contributed by atoms with Crippen LogP contribution in [0, 0.1) is 11.8 Å². The molecule has 110 valence electrons. The Bertz CT molecular complexity index is 612. The number of nitrogens with zero attached hydrogens (tertiary/aromatic N) is 4. The van der Waals surface area contributed by atoms with Gasteiger partial charge in [-0.05, 0) is 53.9 Å². The van der Waals surface area contributed by atoms with Gasteiger partial charge in [0.2, 0.25) is 5.91 Å². The highest BCUT2D eigenvalue weighted by atomic mass is 16.1. The highest BCUT2D eigenvalue weighted by molar-refractivity contribution is 5.93. The molecule has 21 heavy (non-hydrogen) atoms. The van der Waals surface area contributed by atoms with Crippen LogP contribution in [0.2, 0.25) is 0 Å². The molecular weight excluding hydrogens is 268 g/mol. The van der Waals surface area contributed by atoms with Crippen molar-refractivity contribution in [3.8, 4) is 5.69 Å². The number of nitrogens with two attached hydrogens (primary N) is 1. The Morgan fingerprint density at radius 1 is 1.43 bits per heavy atom. The van der Waals surface area contributed by atoms with Gasteiger partial charge in [0.1, 0.15) is 6.33 Å². The van der Waals surface area contributed by atoms with E-state index in [0.29, 0.717) is 12.5 Å². The number of carbonyl (C=O) groups excluding carboxylic acids is 1. The molecule has 1 heterocycles. The molecule has 1 amide bonds. The van der Waals surface area contributed by atoms with Crippen LogP contribution in [0.1, 0.15) is 19.3 Å². The molecule has 3 N–H and O–H groups in total. The fourth-order valence-corrected chi connectivity index (χ4v) is 2.90. The van der Waals surface area contributed by atoms with Crippen LogP contribution in [-0.2, 0) is 4.79 Å². The number of rotatable bonds is 4. The number of hydrogen-bond donors (Lipinski definition) is 2. The minimum absolute atomic E-state index is 0.0201. The number of aromatic nitrogens is 4. The molecule has 0 unspecified atom stereocenters. The summed E-state index contributed by atoms with van der Waals surface area (Å²) in [6.07, 6.45) is 4.55. The van der Waals surface area contributed by atoms with E-state index in [2.05, 4.69) is 20.8 Å². The molecule has 0 bridgehead atoms. The lowest BCUT2D eigenvalue weighted by molar-refractivity contribution is -0.120. The number of benzene rings is 1. The van der Waals surface area contributed by atoms with Crippen molar-refractivity contribution in [1.82, 2.24) is 20.2 Å². The molecule has 2 atom stereocenters. The first-order valence-corrected chi connectivity index (χ1v) is 7.12. The number of tetrazole rings is 1. The van der Waals surface area contributed by atoms with Crippen LogP contribution in [0.4, 0.5) is 5.69 Å². The predicted octanol–water partition coefficient (Wildman–Crippen LogP) is 0.976. The lowest BCUT2D eigenvalue weighted by Gasteiger charge is -2.17. The van der Waals surface area contributed by atoms with Gasteiger partial charge in [0.05, 0.1) is 5.69 Å². The summed E-state index contributed by atoms with van der Waals surface area (Å²) in [5.41, 5.74) is 7.29. The second-order valence-electron chi connectivity index (χ2n) is 5.33. The maximum Gasteiger partial charge on any atom is 0.227 e. The minimum atomic E-state index is 0.0201. The SMILES string of the molecule is NC[C@H]1CCC[C@H]1C(=O)Nc1cccc(-n2cnnn2)c1. The molecule has 0 saturated heterocycles. The summed E-state index contributed by atoms with van der Waals surface area (Å²) in [6, 6.07) is 7.45. The minimum Gasteiger partial charge on any atom is -0.330 e. The van der Waals surface area contributed by atoms with E-state index in [1.54, 1.807) is 4.68 Å². The molecular formula is C14H18N6O. The van der Waals surface area contributed by atoms with E-state index in [-0.39, 0.29) is 11.8 Å². The van der Waals surface area contributed by atoms with E-state index in [1.165, 1.54) is 6.33 Å². The molecule has 1 saturated carbocycles. The molecule has 0 aliphatic heterocycles. The summed E-state index contributed by atoms with van der Waals surface area (Å²) in [5.74, 6) is 0.371. The third-order valence-corrected chi connectivity index (χ3v) is 4.03. The summed E-state index contributed by atoms with van der Waals surface area (Å²) in [6.45, 7) is 0.572. The van der Waals surface area contributed by atoms with Gasteiger partial charge in [-0.2, -0.15) is 0 Å². The molecule has 1 aromatic carbocycles. The Labute approximate surface area is 122 Å². The summed E-state index contributed by atoms with van der Waals surface area (Å²) in [5, 5.41) is 14.0. The summed E-state index contributed by atoms with van der Waals surface area (Å²) >= 11 is 0. The van der Waals surface area contributed by atoms with Crippen molar-refractivity contribution in [1.29, 1.82) is 0 Å². The number of nitrogens with one attached hydrogen (secondary N) is 1. The third-order valence-electron chi connectivity index (χ3n) is 4.03. The van der Waals surface area contributed by atoms with Crippen molar-refractivity contribution in [3.05, 3.63) is 30.6 Å². The van der Waals surface area contributed by atoms with Crippen LogP contribution in [0.3, 0.4) is 0 Å². The summed E-state index contributed by atoms with van der Waals surface area (Å²) in [7, 11) is 0. The van der Waals surface area contributed by atoms with Crippen LogP contribution in [0.25, 0.3) is 5.69 Å². The first-order chi connectivity index (χ1) is 10.3. The van der Waals surface area contributed by atoms with E-state index in [1.807, 2.05) is 24.3 Å². The van der Waals surface area contributed by atoms with Crippen molar-refractivity contribution < 1.29 is 4.79 Å². The fraction of sp³-hybridized carbons (Fsp3) is 0.429. The Balaban J connectivity index is 1.73. The van der Waals surface area contributed by atoms with Crippen molar-refractivity contribution in [2.24, 2.45) is 17.6 Å². The monoisotopic (exact) mass is 286 g/mol. The molecule has 0 spiro atoms. The number of hydrogen-bond acceptors (Lipinski definition) is 5. The molecule has 7 nitrogen and oxygen atoms in total. The quantitative estimate of drug-likeness (QED) is 0.872. The maximum atomic E-state index is 12.4. The molecule has 7 heteroatoms. The predicted molar refractivity (Wildman–Crippen MR) is 77.7 cm³/mol. The second-order valence-corrected chi connectivity index (χ2v) is 5.33. The number of amides is 1. The normalized spacial score (nSPS) is 21.4. The van der Waals surface area contributed by atoms with Gasteiger partial charge >= 0.3 is 0 Å². The fourth-order valence-electron chi connectivity index (χ4n) is 2.90. The van der Waals surface area contributed by atoms with Crippen LogP contribution in [0.5, 0.6) is 0 Å². The Kier molecular flexibility index (Phi) is 3.92. The molecule has 2 aromatic rings. The Morgan fingerprint density at radius 3 is 3.10 bits per heavy atom. The van der Waals surface area contributed by atoms with E-state index < -0.39 is 0 Å². The van der Waals surface area contributed by atoms with E-state index in [9.17, 15) is 4.79 Å². The molecule has 1 aliphatic rings. The van der Waals surface area contributed by atoms with Crippen molar-refractivity contribution in [2.45, 2.75) is 19.3 Å². The summed E-state index contributed by atoms with van der Waals surface area (Å²) in [4.78, 5) is 12.4. The zero-order valence-electron chi connectivity index (χ0n) is 11.6. The van der Waals surface area contributed by atoms with E-state index in [0.717, 1.165) is 30.6 Å². The standard InChI is InChI=1S/C14H18N6O/c15-8-10-3-1-6-13(10)14(21)17-11-4-2-5-12(7-11)20-9-16-18-19-20/h2,4-5,7,9-10,13H,1,3,6,8,15H2,(H,17,21)/t10-,13-/m1/s1. The molecule has 0 radical (unpaired) electrons. The summed E-state index contributed by atoms with van der Waals surface area (Å²) < 4.78 is 1.55.